The van der Waals surface area contributed by atoms with Crippen molar-refractivity contribution in [2.45, 2.75) is 38.3 Å². The number of thiocarbonyl (C=S) groups is 1. The minimum Gasteiger partial charge on any atom is -0.342 e. The zero-order valence-electron chi connectivity index (χ0n) is 10.9. The highest BCUT2D eigenvalue weighted by atomic mass is 35.5. The van der Waals surface area contributed by atoms with Crippen molar-refractivity contribution in [3.63, 3.8) is 0 Å². The lowest BCUT2D eigenvalue weighted by atomic mass is 9.83. The molecule has 1 aromatic rings. The summed E-state index contributed by atoms with van der Waals surface area (Å²) in [6.07, 6.45) is 4.76. The fourth-order valence-electron chi connectivity index (χ4n) is 3.09. The summed E-state index contributed by atoms with van der Waals surface area (Å²) in [6, 6.07) is 7.73. The molecule has 3 rings (SSSR count). The number of rotatable bonds is 1. The molecule has 1 heterocycles. The topological polar surface area (TPSA) is 27.3 Å². The molecule has 3 nitrogen and oxygen atoms in total. The molecule has 0 radical (unpaired) electrons. The Kier molecular flexibility index (Phi) is 3.41. The van der Waals surface area contributed by atoms with Gasteiger partial charge in [0.25, 0.3) is 0 Å². The van der Waals surface area contributed by atoms with Gasteiger partial charge in [0.1, 0.15) is 5.66 Å². The number of nitrogens with one attached hydrogen (secondary N) is 2. The number of halogens is 1. The van der Waals surface area contributed by atoms with E-state index in [-0.39, 0.29) is 5.66 Å². The molecule has 102 valence electrons. The molecule has 1 aliphatic heterocycles. The summed E-state index contributed by atoms with van der Waals surface area (Å²) in [5.74, 6) is 0.724. The second-order valence-corrected chi connectivity index (χ2v) is 6.46. The van der Waals surface area contributed by atoms with E-state index in [1.54, 1.807) is 0 Å². The van der Waals surface area contributed by atoms with Crippen molar-refractivity contribution in [2.75, 3.05) is 5.01 Å². The van der Waals surface area contributed by atoms with E-state index < -0.39 is 0 Å². The molecule has 2 atom stereocenters. The van der Waals surface area contributed by atoms with Crippen LogP contribution in [0.2, 0.25) is 5.02 Å². The fraction of sp³-hybridized carbons (Fsp3) is 0.500. The molecule has 0 unspecified atom stereocenters. The molecule has 1 spiro atoms. The van der Waals surface area contributed by atoms with E-state index in [1.807, 2.05) is 29.3 Å². The molecule has 5 heteroatoms. The first kappa shape index (κ1) is 13.2. The monoisotopic (exact) mass is 295 g/mol. The van der Waals surface area contributed by atoms with E-state index in [1.165, 1.54) is 12.8 Å². The van der Waals surface area contributed by atoms with Crippen molar-refractivity contribution in [3.05, 3.63) is 29.3 Å². The molecule has 1 saturated heterocycles. The molecular formula is C14H18ClN3S. The lowest BCUT2D eigenvalue weighted by Gasteiger charge is -2.36. The third-order valence-corrected chi connectivity index (χ3v) is 4.49. The molecule has 19 heavy (non-hydrogen) atoms. The lowest BCUT2D eigenvalue weighted by molar-refractivity contribution is 0.192. The summed E-state index contributed by atoms with van der Waals surface area (Å²) in [4.78, 5) is 0. The molecule has 1 saturated carbocycles. The molecule has 2 fully saturated rings. The summed E-state index contributed by atoms with van der Waals surface area (Å²) >= 11 is 11.4. The Morgan fingerprint density at radius 2 is 2.11 bits per heavy atom. The highest BCUT2D eigenvalue weighted by Crippen LogP contribution is 2.34. The SMILES string of the molecule is C[C@H]1CCC[C@]2(C1)NC(=S)N(c1ccc(Cl)cc1)N2. The highest BCUT2D eigenvalue weighted by Gasteiger charge is 2.43. The van der Waals surface area contributed by atoms with Crippen LogP contribution in [0.15, 0.2) is 24.3 Å². The number of hydrogen-bond acceptors (Lipinski definition) is 2. The van der Waals surface area contributed by atoms with Crippen LogP contribution in [0.3, 0.4) is 0 Å². The number of benzene rings is 1. The fourth-order valence-corrected chi connectivity index (χ4v) is 3.56. The van der Waals surface area contributed by atoms with Gasteiger partial charge in [0.2, 0.25) is 0 Å². The van der Waals surface area contributed by atoms with Crippen molar-refractivity contribution in [3.8, 4) is 0 Å². The standard InChI is InChI=1S/C14H18ClN3S/c1-10-3-2-8-14(9-10)16-13(19)18(17-14)12-6-4-11(15)5-7-12/h4-7,10,17H,2-3,8-9H2,1H3,(H,16,19)/t10-,14-/m0/s1. The average molecular weight is 296 g/mol. The van der Waals surface area contributed by atoms with Crippen LogP contribution in [0, 0.1) is 5.92 Å². The summed E-state index contributed by atoms with van der Waals surface area (Å²) in [6.45, 7) is 2.30. The summed E-state index contributed by atoms with van der Waals surface area (Å²) in [5, 5.41) is 6.92. The maximum atomic E-state index is 5.93. The first-order chi connectivity index (χ1) is 9.08. The number of hydrazine groups is 1. The first-order valence-electron chi connectivity index (χ1n) is 6.74. The van der Waals surface area contributed by atoms with E-state index in [4.69, 9.17) is 23.8 Å². The van der Waals surface area contributed by atoms with Crippen LogP contribution in [-0.4, -0.2) is 10.8 Å². The predicted molar refractivity (Wildman–Crippen MR) is 83.2 cm³/mol. The van der Waals surface area contributed by atoms with E-state index >= 15 is 0 Å². The Bertz CT molecular complexity index is 490. The second-order valence-electron chi connectivity index (χ2n) is 5.64. The van der Waals surface area contributed by atoms with Crippen LogP contribution in [-0.2, 0) is 0 Å². The predicted octanol–water partition coefficient (Wildman–Crippen LogP) is 3.45. The van der Waals surface area contributed by atoms with Crippen LogP contribution in [0.1, 0.15) is 32.6 Å². The molecule has 1 aromatic carbocycles. The Labute approximate surface area is 124 Å². The minimum absolute atomic E-state index is 0.0611. The third kappa shape index (κ3) is 2.57. The van der Waals surface area contributed by atoms with Gasteiger partial charge in [-0.2, -0.15) is 0 Å². The van der Waals surface area contributed by atoms with Crippen molar-refractivity contribution in [1.29, 1.82) is 0 Å². The third-order valence-electron chi connectivity index (χ3n) is 3.96. The van der Waals surface area contributed by atoms with Crippen molar-refractivity contribution in [1.82, 2.24) is 10.7 Å². The molecule has 0 aromatic heterocycles. The van der Waals surface area contributed by atoms with Gasteiger partial charge in [0.15, 0.2) is 5.11 Å². The zero-order chi connectivity index (χ0) is 13.5. The van der Waals surface area contributed by atoms with Gasteiger partial charge < -0.3 is 5.32 Å². The van der Waals surface area contributed by atoms with E-state index in [0.29, 0.717) is 0 Å². The van der Waals surface area contributed by atoms with Gasteiger partial charge in [0.05, 0.1) is 5.69 Å². The Morgan fingerprint density at radius 3 is 2.79 bits per heavy atom. The van der Waals surface area contributed by atoms with Crippen LogP contribution in [0.5, 0.6) is 0 Å². The molecular weight excluding hydrogens is 278 g/mol. The molecule has 2 aliphatic rings. The number of nitrogens with zero attached hydrogens (tertiary/aromatic N) is 1. The summed E-state index contributed by atoms with van der Waals surface area (Å²) in [5.41, 5.74) is 4.52. The zero-order valence-corrected chi connectivity index (χ0v) is 12.5. The highest BCUT2D eigenvalue weighted by molar-refractivity contribution is 7.80. The maximum Gasteiger partial charge on any atom is 0.189 e. The van der Waals surface area contributed by atoms with Gasteiger partial charge in [-0.1, -0.05) is 24.9 Å². The van der Waals surface area contributed by atoms with Crippen molar-refractivity contribution in [2.24, 2.45) is 5.92 Å². The average Bonchev–Trinajstić information content (AvgIpc) is 2.66. The minimum atomic E-state index is -0.0611. The van der Waals surface area contributed by atoms with Crippen LogP contribution >= 0.6 is 23.8 Å². The Balaban J connectivity index is 1.81. The Morgan fingerprint density at radius 1 is 1.37 bits per heavy atom. The van der Waals surface area contributed by atoms with Gasteiger partial charge in [-0.05, 0) is 61.7 Å². The summed E-state index contributed by atoms with van der Waals surface area (Å²) < 4.78 is 0. The molecule has 2 N–H and O–H groups in total. The van der Waals surface area contributed by atoms with E-state index in [9.17, 15) is 0 Å². The van der Waals surface area contributed by atoms with Crippen LogP contribution < -0.4 is 15.8 Å². The number of hydrogen-bond donors (Lipinski definition) is 2. The van der Waals surface area contributed by atoms with E-state index in [2.05, 4.69) is 17.7 Å². The van der Waals surface area contributed by atoms with Gasteiger partial charge >= 0.3 is 0 Å². The Hall–Kier alpha value is -0.840. The quantitative estimate of drug-likeness (QED) is 0.776. The smallest absolute Gasteiger partial charge is 0.189 e. The molecule has 0 amide bonds. The van der Waals surface area contributed by atoms with Gasteiger partial charge in [-0.15, -0.1) is 0 Å². The molecule has 0 bridgehead atoms. The normalized spacial score (nSPS) is 30.7. The van der Waals surface area contributed by atoms with Gasteiger partial charge in [0, 0.05) is 5.02 Å². The van der Waals surface area contributed by atoms with Crippen molar-refractivity contribution >= 4 is 34.6 Å². The lowest BCUT2D eigenvalue weighted by Crippen LogP contribution is -2.53. The van der Waals surface area contributed by atoms with Crippen molar-refractivity contribution < 1.29 is 0 Å². The molecule has 1 aliphatic carbocycles. The second kappa shape index (κ2) is 4.93. The van der Waals surface area contributed by atoms with Crippen LogP contribution in [0.4, 0.5) is 5.69 Å². The largest absolute Gasteiger partial charge is 0.342 e. The van der Waals surface area contributed by atoms with Gasteiger partial charge in [-0.25, -0.2) is 5.43 Å². The summed E-state index contributed by atoms with van der Waals surface area (Å²) in [7, 11) is 0. The first-order valence-corrected chi connectivity index (χ1v) is 7.52. The van der Waals surface area contributed by atoms with E-state index in [0.717, 1.165) is 34.6 Å². The van der Waals surface area contributed by atoms with Gasteiger partial charge in [-0.3, -0.25) is 5.01 Å². The van der Waals surface area contributed by atoms with Crippen LogP contribution in [0.25, 0.3) is 0 Å². The maximum absolute atomic E-state index is 5.93. The number of anilines is 1.